The van der Waals surface area contributed by atoms with Crippen LogP contribution in [0.25, 0.3) is 0 Å². The van der Waals surface area contributed by atoms with Crippen LogP contribution in [0.4, 0.5) is 0 Å². The van der Waals surface area contributed by atoms with E-state index in [1.165, 1.54) is 18.4 Å². The van der Waals surface area contributed by atoms with Gasteiger partial charge in [0, 0.05) is 11.6 Å². The van der Waals surface area contributed by atoms with Crippen LogP contribution in [0.1, 0.15) is 38.3 Å². The zero-order valence-electron chi connectivity index (χ0n) is 10.2. The average molecular weight is 219 g/mol. The maximum Gasteiger partial charge on any atom is 0.124 e. The summed E-state index contributed by atoms with van der Waals surface area (Å²) in [5, 5.41) is 3.43. The fourth-order valence-corrected chi connectivity index (χ4v) is 1.88. The lowest BCUT2D eigenvalue weighted by Gasteiger charge is -2.17. The van der Waals surface area contributed by atoms with Crippen molar-refractivity contribution in [2.24, 2.45) is 5.92 Å². The molecule has 1 N–H and O–H groups in total. The third kappa shape index (κ3) is 2.99. The van der Waals surface area contributed by atoms with Crippen molar-refractivity contribution in [3.05, 3.63) is 29.8 Å². The Balaban J connectivity index is 2.02. The molecule has 0 saturated heterocycles. The number of ether oxygens (including phenoxy) is 1. The van der Waals surface area contributed by atoms with E-state index in [1.807, 2.05) is 6.07 Å². The Bertz CT molecular complexity index is 333. The second-order valence-corrected chi connectivity index (χ2v) is 4.57. The molecule has 1 aromatic rings. The van der Waals surface area contributed by atoms with Crippen LogP contribution in [-0.4, -0.2) is 13.2 Å². The largest absolute Gasteiger partial charge is 0.493 e. The molecular formula is C14H21NO. The Morgan fingerprint density at radius 1 is 1.38 bits per heavy atom. The Kier molecular flexibility index (Phi) is 3.83. The minimum Gasteiger partial charge on any atom is -0.493 e. The van der Waals surface area contributed by atoms with Gasteiger partial charge in [0.1, 0.15) is 5.75 Å². The van der Waals surface area contributed by atoms with E-state index in [-0.39, 0.29) is 0 Å². The molecule has 2 nitrogen and oxygen atoms in total. The first-order valence-corrected chi connectivity index (χ1v) is 6.26. The molecule has 0 aliphatic heterocycles. The third-order valence-corrected chi connectivity index (χ3v) is 3.07. The van der Waals surface area contributed by atoms with Crippen molar-refractivity contribution in [1.29, 1.82) is 0 Å². The summed E-state index contributed by atoms with van der Waals surface area (Å²) in [6.45, 7) is 6.18. The van der Waals surface area contributed by atoms with Crippen LogP contribution >= 0.6 is 0 Å². The van der Waals surface area contributed by atoms with Gasteiger partial charge in [-0.2, -0.15) is 0 Å². The van der Waals surface area contributed by atoms with Crippen LogP contribution in [0.3, 0.4) is 0 Å². The Morgan fingerprint density at radius 2 is 2.12 bits per heavy atom. The van der Waals surface area contributed by atoms with Gasteiger partial charge in [-0.15, -0.1) is 0 Å². The van der Waals surface area contributed by atoms with E-state index in [0.29, 0.717) is 6.04 Å². The monoisotopic (exact) mass is 219 g/mol. The van der Waals surface area contributed by atoms with Crippen LogP contribution in [0.5, 0.6) is 5.75 Å². The van der Waals surface area contributed by atoms with E-state index in [2.05, 4.69) is 37.4 Å². The highest BCUT2D eigenvalue weighted by Gasteiger charge is 2.22. The highest BCUT2D eigenvalue weighted by atomic mass is 16.5. The Labute approximate surface area is 98.0 Å². The van der Waals surface area contributed by atoms with Crippen LogP contribution in [-0.2, 0) is 0 Å². The molecular weight excluding hydrogens is 198 g/mol. The van der Waals surface area contributed by atoms with Crippen molar-refractivity contribution in [1.82, 2.24) is 5.32 Å². The first kappa shape index (κ1) is 11.5. The van der Waals surface area contributed by atoms with E-state index in [0.717, 1.165) is 24.8 Å². The van der Waals surface area contributed by atoms with E-state index >= 15 is 0 Å². The van der Waals surface area contributed by atoms with Crippen molar-refractivity contribution >= 4 is 0 Å². The lowest BCUT2D eigenvalue weighted by Crippen LogP contribution is -2.18. The summed E-state index contributed by atoms with van der Waals surface area (Å²) in [7, 11) is 0. The molecule has 1 saturated carbocycles. The van der Waals surface area contributed by atoms with Crippen molar-refractivity contribution < 1.29 is 4.74 Å². The average Bonchev–Trinajstić information content (AvgIpc) is 3.11. The number of benzene rings is 1. The fraction of sp³-hybridized carbons (Fsp3) is 0.571. The van der Waals surface area contributed by atoms with E-state index in [4.69, 9.17) is 4.74 Å². The Hall–Kier alpha value is -1.02. The predicted octanol–water partition coefficient (Wildman–Crippen LogP) is 3.15. The van der Waals surface area contributed by atoms with Gasteiger partial charge in [-0.1, -0.05) is 25.1 Å². The van der Waals surface area contributed by atoms with Gasteiger partial charge >= 0.3 is 0 Å². The summed E-state index contributed by atoms with van der Waals surface area (Å²) in [6, 6.07) is 8.71. The molecule has 0 spiro atoms. The number of para-hydroxylation sites is 1. The van der Waals surface area contributed by atoms with Gasteiger partial charge in [0.15, 0.2) is 0 Å². The minimum atomic E-state index is 0.361. The number of rotatable bonds is 6. The second-order valence-electron chi connectivity index (χ2n) is 4.57. The highest BCUT2D eigenvalue weighted by molar-refractivity contribution is 5.35. The van der Waals surface area contributed by atoms with Gasteiger partial charge in [-0.25, -0.2) is 0 Å². The molecule has 2 heteroatoms. The quantitative estimate of drug-likeness (QED) is 0.793. The molecule has 1 fully saturated rings. The minimum absolute atomic E-state index is 0.361. The van der Waals surface area contributed by atoms with E-state index < -0.39 is 0 Å². The standard InChI is InChI=1S/C14H21NO/c1-3-15-11(2)13-6-4-5-7-14(13)16-10-12-8-9-12/h4-7,11-12,15H,3,8-10H2,1-2H3. The highest BCUT2D eigenvalue weighted by Crippen LogP contribution is 2.31. The number of hydrogen-bond acceptors (Lipinski definition) is 2. The smallest absolute Gasteiger partial charge is 0.124 e. The lowest BCUT2D eigenvalue weighted by atomic mass is 10.1. The molecule has 1 aliphatic carbocycles. The second kappa shape index (κ2) is 5.35. The lowest BCUT2D eigenvalue weighted by molar-refractivity contribution is 0.294. The summed E-state index contributed by atoms with van der Waals surface area (Å²) in [4.78, 5) is 0. The SMILES string of the molecule is CCNC(C)c1ccccc1OCC1CC1. The van der Waals surface area contributed by atoms with Crippen molar-refractivity contribution in [3.63, 3.8) is 0 Å². The normalized spacial score (nSPS) is 17.1. The summed E-state index contributed by atoms with van der Waals surface area (Å²) in [5.41, 5.74) is 1.27. The molecule has 1 aromatic carbocycles. The van der Waals surface area contributed by atoms with Crippen LogP contribution in [0.15, 0.2) is 24.3 Å². The number of nitrogens with one attached hydrogen (secondary N) is 1. The molecule has 88 valence electrons. The molecule has 2 rings (SSSR count). The Morgan fingerprint density at radius 3 is 2.81 bits per heavy atom. The van der Waals surface area contributed by atoms with Crippen LogP contribution < -0.4 is 10.1 Å². The van der Waals surface area contributed by atoms with Crippen molar-refractivity contribution in [2.75, 3.05) is 13.2 Å². The van der Waals surface area contributed by atoms with Gasteiger partial charge in [0.05, 0.1) is 6.61 Å². The number of hydrogen-bond donors (Lipinski definition) is 1. The first-order chi connectivity index (χ1) is 7.81. The molecule has 0 bridgehead atoms. The molecule has 1 atom stereocenters. The summed E-state index contributed by atoms with van der Waals surface area (Å²) in [5.74, 6) is 1.85. The third-order valence-electron chi connectivity index (χ3n) is 3.07. The summed E-state index contributed by atoms with van der Waals surface area (Å²) < 4.78 is 5.89. The van der Waals surface area contributed by atoms with Gasteiger partial charge in [0.2, 0.25) is 0 Å². The van der Waals surface area contributed by atoms with Crippen molar-refractivity contribution in [3.8, 4) is 5.75 Å². The fourth-order valence-electron chi connectivity index (χ4n) is 1.88. The summed E-state index contributed by atoms with van der Waals surface area (Å²) >= 11 is 0. The molecule has 1 aliphatic rings. The molecule has 0 heterocycles. The molecule has 0 radical (unpaired) electrons. The van der Waals surface area contributed by atoms with E-state index in [9.17, 15) is 0 Å². The zero-order valence-corrected chi connectivity index (χ0v) is 10.2. The molecule has 0 aromatic heterocycles. The van der Waals surface area contributed by atoms with Gasteiger partial charge in [-0.05, 0) is 38.3 Å². The topological polar surface area (TPSA) is 21.3 Å². The molecule has 16 heavy (non-hydrogen) atoms. The van der Waals surface area contributed by atoms with Gasteiger partial charge in [0.25, 0.3) is 0 Å². The zero-order chi connectivity index (χ0) is 11.4. The van der Waals surface area contributed by atoms with Crippen LogP contribution in [0.2, 0.25) is 0 Å². The maximum atomic E-state index is 5.89. The predicted molar refractivity (Wildman–Crippen MR) is 66.8 cm³/mol. The molecule has 1 unspecified atom stereocenters. The summed E-state index contributed by atoms with van der Waals surface area (Å²) in [6.07, 6.45) is 2.68. The first-order valence-electron chi connectivity index (χ1n) is 6.26. The molecule has 0 amide bonds. The van der Waals surface area contributed by atoms with Gasteiger partial charge < -0.3 is 10.1 Å². The maximum absolute atomic E-state index is 5.89. The van der Waals surface area contributed by atoms with Crippen LogP contribution in [0, 0.1) is 5.92 Å². The van der Waals surface area contributed by atoms with Gasteiger partial charge in [-0.3, -0.25) is 0 Å². The van der Waals surface area contributed by atoms with Crippen molar-refractivity contribution in [2.45, 2.75) is 32.7 Å². The van der Waals surface area contributed by atoms with E-state index in [1.54, 1.807) is 0 Å².